The first-order chi connectivity index (χ1) is 12.6. The van der Waals surface area contributed by atoms with Gasteiger partial charge in [-0.3, -0.25) is 4.79 Å². The van der Waals surface area contributed by atoms with Crippen LogP contribution in [0.5, 0.6) is 5.75 Å². The van der Waals surface area contributed by atoms with Crippen LogP contribution in [0.15, 0.2) is 46.9 Å². The number of carbonyl (C=O) groups excluding carboxylic acids is 1. The number of aromatic nitrogens is 1. The van der Waals surface area contributed by atoms with Gasteiger partial charge < -0.3 is 4.74 Å². The second-order valence-electron chi connectivity index (χ2n) is 6.03. The summed E-state index contributed by atoms with van der Waals surface area (Å²) in [5.41, 5.74) is 2.46. The van der Waals surface area contributed by atoms with Gasteiger partial charge in [0.1, 0.15) is 10.9 Å². The summed E-state index contributed by atoms with van der Waals surface area (Å²) in [7, 11) is 1.63. The molecule has 1 atom stereocenters. The van der Waals surface area contributed by atoms with E-state index in [0.717, 1.165) is 32.8 Å². The Morgan fingerprint density at radius 1 is 1.35 bits per heavy atom. The number of carbonyl (C=O) groups is 1. The van der Waals surface area contributed by atoms with E-state index in [1.54, 1.807) is 18.4 Å². The van der Waals surface area contributed by atoms with Crippen molar-refractivity contribution >= 4 is 45.5 Å². The summed E-state index contributed by atoms with van der Waals surface area (Å²) in [5.74, 6) is 0.626. The fourth-order valence-corrected chi connectivity index (χ4v) is 4.14. The molecule has 0 spiro atoms. The maximum absolute atomic E-state index is 12.2. The van der Waals surface area contributed by atoms with Gasteiger partial charge in [-0.15, -0.1) is 11.3 Å². The van der Waals surface area contributed by atoms with Crippen molar-refractivity contribution in [1.82, 2.24) is 9.99 Å². The number of fused-ring (bicyclic) bond motifs is 1. The van der Waals surface area contributed by atoms with Crippen molar-refractivity contribution in [2.24, 2.45) is 5.10 Å². The average Bonchev–Trinajstić information content (AvgIpc) is 3.30. The van der Waals surface area contributed by atoms with Crippen LogP contribution in [0.1, 0.15) is 29.8 Å². The lowest BCUT2D eigenvalue weighted by atomic mass is 10.0. The summed E-state index contributed by atoms with van der Waals surface area (Å²) < 4.78 is 5.30. The van der Waals surface area contributed by atoms with Gasteiger partial charge in [0.25, 0.3) is 0 Å². The number of halogens is 1. The number of amides is 1. The first kappa shape index (κ1) is 17.0. The molecule has 0 bridgehead atoms. The predicted octanol–water partition coefficient (Wildman–Crippen LogP) is 4.66. The number of nitrogens with zero attached hydrogens (tertiary/aromatic N) is 3. The monoisotopic (exact) mass is 385 g/mol. The highest BCUT2D eigenvalue weighted by Crippen LogP contribution is 2.38. The zero-order valence-corrected chi connectivity index (χ0v) is 15.8. The van der Waals surface area contributed by atoms with Crippen molar-refractivity contribution in [3.63, 3.8) is 0 Å². The van der Waals surface area contributed by atoms with Gasteiger partial charge in [-0.25, -0.2) is 9.99 Å². The molecule has 0 N–H and O–H groups in total. The molecule has 7 heteroatoms. The van der Waals surface area contributed by atoms with Gasteiger partial charge in [0, 0.05) is 24.3 Å². The van der Waals surface area contributed by atoms with Crippen molar-refractivity contribution in [2.75, 3.05) is 7.11 Å². The normalized spacial score (nSPS) is 16.8. The fraction of sp³-hybridized carbons (Fsp3) is 0.211. The predicted molar refractivity (Wildman–Crippen MR) is 104 cm³/mol. The minimum absolute atomic E-state index is 0.122. The lowest BCUT2D eigenvalue weighted by Gasteiger charge is -2.21. The molecule has 2 aromatic heterocycles. The smallest absolute Gasteiger partial charge is 0.240 e. The van der Waals surface area contributed by atoms with Crippen LogP contribution in [-0.4, -0.2) is 28.7 Å². The standard InChI is InChI=1S/C19H16ClN3O2S/c1-11(24)23-17(10-16(22-23)18-4-3-7-26-18)14-9-12-8-13(25-2)5-6-15(12)21-19(14)20/h3-9,17H,10H2,1-2H3. The molecule has 3 aromatic rings. The summed E-state index contributed by atoms with van der Waals surface area (Å²) in [4.78, 5) is 17.7. The third-order valence-electron chi connectivity index (χ3n) is 4.40. The Balaban J connectivity index is 1.78. The van der Waals surface area contributed by atoms with Crippen LogP contribution in [0.4, 0.5) is 0 Å². The average molecular weight is 386 g/mol. The zero-order valence-electron chi connectivity index (χ0n) is 14.3. The van der Waals surface area contributed by atoms with E-state index in [9.17, 15) is 4.79 Å². The summed E-state index contributed by atoms with van der Waals surface area (Å²) in [5, 5.41) is 9.35. The number of pyridine rings is 1. The molecule has 0 saturated carbocycles. The highest BCUT2D eigenvalue weighted by Gasteiger charge is 2.33. The highest BCUT2D eigenvalue weighted by atomic mass is 35.5. The summed E-state index contributed by atoms with van der Waals surface area (Å²) in [6.07, 6.45) is 0.608. The Kier molecular flexibility index (Phi) is 4.38. The van der Waals surface area contributed by atoms with Gasteiger partial charge in [-0.1, -0.05) is 17.7 Å². The van der Waals surface area contributed by atoms with Crippen LogP contribution >= 0.6 is 22.9 Å². The molecule has 3 heterocycles. The second-order valence-corrected chi connectivity index (χ2v) is 7.34. The Morgan fingerprint density at radius 3 is 2.88 bits per heavy atom. The molecule has 0 saturated heterocycles. The van der Waals surface area contributed by atoms with Crippen LogP contribution in [0.25, 0.3) is 10.9 Å². The van der Waals surface area contributed by atoms with E-state index in [0.29, 0.717) is 11.6 Å². The summed E-state index contributed by atoms with van der Waals surface area (Å²) in [6, 6.07) is 11.3. The van der Waals surface area contributed by atoms with Crippen molar-refractivity contribution in [2.45, 2.75) is 19.4 Å². The van der Waals surface area contributed by atoms with Gasteiger partial charge >= 0.3 is 0 Å². The maximum atomic E-state index is 12.2. The van der Waals surface area contributed by atoms with E-state index in [-0.39, 0.29) is 11.9 Å². The number of rotatable bonds is 3. The van der Waals surface area contributed by atoms with Gasteiger partial charge in [0.05, 0.1) is 29.3 Å². The first-order valence-corrected chi connectivity index (χ1v) is 9.38. The molecule has 1 unspecified atom stereocenters. The molecule has 4 rings (SSSR count). The highest BCUT2D eigenvalue weighted by molar-refractivity contribution is 7.12. The fourth-order valence-electron chi connectivity index (χ4n) is 3.14. The lowest BCUT2D eigenvalue weighted by Crippen LogP contribution is -2.24. The van der Waals surface area contributed by atoms with Crippen molar-refractivity contribution < 1.29 is 9.53 Å². The Bertz CT molecular complexity index is 1020. The van der Waals surface area contributed by atoms with Crippen LogP contribution in [0, 0.1) is 0 Å². The molecule has 5 nitrogen and oxygen atoms in total. The number of hydrogen-bond donors (Lipinski definition) is 0. The van der Waals surface area contributed by atoms with Gasteiger partial charge in [0.2, 0.25) is 5.91 Å². The van der Waals surface area contributed by atoms with Gasteiger partial charge in [-0.2, -0.15) is 5.10 Å². The summed E-state index contributed by atoms with van der Waals surface area (Å²) in [6.45, 7) is 1.51. The van der Waals surface area contributed by atoms with Gasteiger partial charge in [-0.05, 0) is 35.7 Å². The molecule has 26 heavy (non-hydrogen) atoms. The van der Waals surface area contributed by atoms with Crippen molar-refractivity contribution in [3.8, 4) is 5.75 Å². The van der Waals surface area contributed by atoms with E-state index >= 15 is 0 Å². The second kappa shape index (κ2) is 6.70. The van der Waals surface area contributed by atoms with Gasteiger partial charge in [0.15, 0.2) is 0 Å². The Morgan fingerprint density at radius 2 is 2.19 bits per heavy atom. The Hall–Kier alpha value is -2.44. The van der Waals surface area contributed by atoms with Crippen molar-refractivity contribution in [1.29, 1.82) is 0 Å². The van der Waals surface area contributed by atoms with E-state index < -0.39 is 0 Å². The quantitative estimate of drug-likeness (QED) is 0.616. The number of thiophene rings is 1. The number of hydrazone groups is 1. The molecular weight excluding hydrogens is 370 g/mol. The molecule has 1 amide bonds. The molecule has 1 aromatic carbocycles. The lowest BCUT2D eigenvalue weighted by molar-refractivity contribution is -0.130. The van der Waals surface area contributed by atoms with Crippen LogP contribution in [-0.2, 0) is 4.79 Å². The molecular formula is C19H16ClN3O2S. The van der Waals surface area contributed by atoms with Crippen LogP contribution in [0.3, 0.4) is 0 Å². The molecule has 0 radical (unpaired) electrons. The molecule has 0 aliphatic carbocycles. The van der Waals surface area contributed by atoms with E-state index in [4.69, 9.17) is 16.3 Å². The van der Waals surface area contributed by atoms with E-state index in [1.807, 2.05) is 41.8 Å². The minimum atomic E-state index is -0.264. The molecule has 1 aliphatic rings. The molecule has 0 fully saturated rings. The SMILES string of the molecule is COc1ccc2nc(Cl)c(C3CC(c4cccs4)=NN3C(C)=O)cc2c1. The molecule has 132 valence electrons. The number of ether oxygens (including phenoxy) is 1. The zero-order chi connectivity index (χ0) is 18.3. The van der Waals surface area contributed by atoms with Crippen LogP contribution in [0.2, 0.25) is 5.15 Å². The summed E-state index contributed by atoms with van der Waals surface area (Å²) >= 11 is 8.08. The largest absolute Gasteiger partial charge is 0.497 e. The number of hydrogen-bond acceptors (Lipinski definition) is 5. The Labute approximate surface area is 159 Å². The van der Waals surface area contributed by atoms with E-state index in [2.05, 4.69) is 10.1 Å². The third kappa shape index (κ3) is 2.95. The van der Waals surface area contributed by atoms with E-state index in [1.165, 1.54) is 11.9 Å². The first-order valence-electron chi connectivity index (χ1n) is 8.12. The molecule has 1 aliphatic heterocycles. The third-order valence-corrected chi connectivity index (χ3v) is 5.62. The topological polar surface area (TPSA) is 54.8 Å². The minimum Gasteiger partial charge on any atom is -0.497 e. The number of methoxy groups -OCH3 is 1. The van der Waals surface area contributed by atoms with Crippen LogP contribution < -0.4 is 4.74 Å². The maximum Gasteiger partial charge on any atom is 0.240 e. The van der Waals surface area contributed by atoms with Crippen molar-refractivity contribution in [3.05, 3.63) is 57.4 Å². The number of benzene rings is 1.